The van der Waals surface area contributed by atoms with Crippen molar-refractivity contribution in [2.45, 2.75) is 19.2 Å². The average molecular weight is 372 g/mol. The number of hydrogen-bond donors (Lipinski definition) is 0. The topological polar surface area (TPSA) is 35.6 Å². The van der Waals surface area contributed by atoms with Gasteiger partial charge >= 0.3 is 0 Å². The minimum atomic E-state index is -0.338. The van der Waals surface area contributed by atoms with Gasteiger partial charge in [-0.15, -0.1) is 11.6 Å². The maximum Gasteiger partial charge on any atom is 0.139 e. The van der Waals surface area contributed by atoms with E-state index in [0.717, 1.165) is 23.3 Å². The Balaban J connectivity index is 2.36. The van der Waals surface area contributed by atoms with Crippen molar-refractivity contribution >= 4 is 38.6 Å². The highest BCUT2D eigenvalue weighted by Gasteiger charge is 2.18. The molecule has 0 bridgehead atoms. The van der Waals surface area contributed by atoms with Crippen molar-refractivity contribution < 1.29 is 4.39 Å². The predicted octanol–water partition coefficient (Wildman–Crippen LogP) is 3.96. The SMILES string of the molecule is CCc1nn(C)cc1-n1c(CCl)nc2cc(F)c(Br)cc21. The molecular weight excluding hydrogens is 359 g/mol. The number of benzene rings is 1. The molecule has 0 spiro atoms. The van der Waals surface area contributed by atoms with Crippen molar-refractivity contribution in [3.05, 3.63) is 40.1 Å². The average Bonchev–Trinajstić information content (AvgIpc) is 2.99. The molecule has 2 heterocycles. The summed E-state index contributed by atoms with van der Waals surface area (Å²) in [5.74, 6) is 0.577. The number of fused-ring (bicyclic) bond motifs is 1. The molecule has 0 aliphatic heterocycles. The van der Waals surface area contributed by atoms with Crippen LogP contribution < -0.4 is 0 Å². The first-order valence-electron chi connectivity index (χ1n) is 6.50. The molecule has 0 saturated carbocycles. The van der Waals surface area contributed by atoms with Crippen LogP contribution in [0, 0.1) is 5.82 Å². The molecule has 3 aromatic rings. The number of rotatable bonds is 3. The highest BCUT2D eigenvalue weighted by Crippen LogP contribution is 2.28. The number of hydrogen-bond acceptors (Lipinski definition) is 2. The summed E-state index contributed by atoms with van der Waals surface area (Å²) < 4.78 is 17.8. The summed E-state index contributed by atoms with van der Waals surface area (Å²) in [6, 6.07) is 3.13. The quantitative estimate of drug-likeness (QED) is 0.653. The van der Waals surface area contributed by atoms with Gasteiger partial charge in [0.25, 0.3) is 0 Å². The lowest BCUT2D eigenvalue weighted by molar-refractivity contribution is 0.623. The summed E-state index contributed by atoms with van der Waals surface area (Å²) in [4.78, 5) is 4.43. The molecule has 0 radical (unpaired) electrons. The van der Waals surface area contributed by atoms with Gasteiger partial charge in [-0.1, -0.05) is 6.92 Å². The van der Waals surface area contributed by atoms with Gasteiger partial charge in [-0.2, -0.15) is 5.10 Å². The number of aromatic nitrogens is 4. The van der Waals surface area contributed by atoms with Crippen molar-refractivity contribution in [1.82, 2.24) is 19.3 Å². The van der Waals surface area contributed by atoms with Crippen LogP contribution in [0.4, 0.5) is 4.39 Å². The summed E-state index contributed by atoms with van der Waals surface area (Å²) in [5.41, 5.74) is 3.26. The van der Waals surface area contributed by atoms with Gasteiger partial charge in [-0.3, -0.25) is 9.25 Å². The van der Waals surface area contributed by atoms with Crippen LogP contribution in [0.25, 0.3) is 16.7 Å². The molecule has 0 aliphatic rings. The lowest BCUT2D eigenvalue weighted by Gasteiger charge is -2.07. The van der Waals surface area contributed by atoms with Gasteiger partial charge in [0.1, 0.15) is 11.6 Å². The number of alkyl halides is 1. The summed E-state index contributed by atoms with van der Waals surface area (Å²) in [6.45, 7) is 2.04. The lowest BCUT2D eigenvalue weighted by atomic mass is 10.2. The molecule has 3 rings (SSSR count). The number of aryl methyl sites for hydroxylation is 2. The fourth-order valence-electron chi connectivity index (χ4n) is 2.44. The van der Waals surface area contributed by atoms with E-state index in [-0.39, 0.29) is 11.7 Å². The van der Waals surface area contributed by atoms with Gasteiger partial charge < -0.3 is 0 Å². The zero-order valence-corrected chi connectivity index (χ0v) is 13.9. The largest absolute Gasteiger partial charge is 0.292 e. The van der Waals surface area contributed by atoms with Crippen LogP contribution in [0.1, 0.15) is 18.4 Å². The minimum Gasteiger partial charge on any atom is -0.292 e. The Labute approximate surface area is 134 Å². The second-order valence-corrected chi connectivity index (χ2v) is 5.86. The van der Waals surface area contributed by atoms with Gasteiger partial charge in [0.2, 0.25) is 0 Å². The first-order valence-corrected chi connectivity index (χ1v) is 7.83. The third kappa shape index (κ3) is 2.36. The Morgan fingerprint density at radius 3 is 2.81 bits per heavy atom. The van der Waals surface area contributed by atoms with Crippen LogP contribution in [-0.2, 0) is 19.3 Å². The van der Waals surface area contributed by atoms with E-state index in [1.807, 2.05) is 24.7 Å². The van der Waals surface area contributed by atoms with Crippen molar-refractivity contribution in [2.24, 2.45) is 7.05 Å². The fourth-order valence-corrected chi connectivity index (χ4v) is 2.95. The van der Waals surface area contributed by atoms with E-state index in [0.29, 0.717) is 15.8 Å². The van der Waals surface area contributed by atoms with Crippen LogP contribution in [0.2, 0.25) is 0 Å². The van der Waals surface area contributed by atoms with E-state index in [1.165, 1.54) is 6.07 Å². The number of halogens is 3. The molecule has 110 valence electrons. The van der Waals surface area contributed by atoms with Gasteiger partial charge in [-0.25, -0.2) is 9.37 Å². The zero-order chi connectivity index (χ0) is 15.1. The Kier molecular flexibility index (Phi) is 3.75. The molecule has 0 unspecified atom stereocenters. The molecule has 0 fully saturated rings. The molecule has 0 atom stereocenters. The van der Waals surface area contributed by atoms with Crippen molar-refractivity contribution in [1.29, 1.82) is 0 Å². The normalized spacial score (nSPS) is 11.5. The number of nitrogens with zero attached hydrogens (tertiary/aromatic N) is 4. The van der Waals surface area contributed by atoms with E-state index in [4.69, 9.17) is 11.6 Å². The highest BCUT2D eigenvalue weighted by molar-refractivity contribution is 9.10. The highest BCUT2D eigenvalue weighted by atomic mass is 79.9. The second-order valence-electron chi connectivity index (χ2n) is 4.74. The van der Waals surface area contributed by atoms with E-state index in [1.54, 1.807) is 10.7 Å². The van der Waals surface area contributed by atoms with E-state index < -0.39 is 0 Å². The van der Waals surface area contributed by atoms with E-state index in [2.05, 4.69) is 26.0 Å². The molecule has 2 aromatic heterocycles. The van der Waals surface area contributed by atoms with E-state index >= 15 is 0 Å². The monoisotopic (exact) mass is 370 g/mol. The molecule has 0 amide bonds. The maximum atomic E-state index is 13.7. The van der Waals surface area contributed by atoms with Crippen molar-refractivity contribution in [2.75, 3.05) is 0 Å². The molecule has 0 aliphatic carbocycles. The standard InChI is InChI=1S/C14H13BrClFN4/c1-3-10-13(7-20(2)19-10)21-12-4-8(15)9(17)5-11(12)18-14(21)6-16/h4-5,7H,3,6H2,1-2H3. The van der Waals surface area contributed by atoms with Crippen LogP contribution >= 0.6 is 27.5 Å². The molecule has 0 N–H and O–H groups in total. The molecule has 1 aromatic carbocycles. The maximum absolute atomic E-state index is 13.7. The Morgan fingerprint density at radius 2 is 2.14 bits per heavy atom. The molecular formula is C14H13BrClFN4. The lowest BCUT2D eigenvalue weighted by Crippen LogP contribution is -2.01. The van der Waals surface area contributed by atoms with Gasteiger partial charge in [0.05, 0.1) is 32.8 Å². The molecule has 4 nitrogen and oxygen atoms in total. The van der Waals surface area contributed by atoms with Crippen LogP contribution in [-0.4, -0.2) is 19.3 Å². The number of imidazole rings is 1. The van der Waals surface area contributed by atoms with Crippen LogP contribution in [0.3, 0.4) is 0 Å². The molecule has 7 heteroatoms. The summed E-state index contributed by atoms with van der Waals surface area (Å²) in [7, 11) is 1.87. The third-order valence-electron chi connectivity index (χ3n) is 3.34. The van der Waals surface area contributed by atoms with Gasteiger partial charge in [0.15, 0.2) is 0 Å². The summed E-state index contributed by atoms with van der Waals surface area (Å²) >= 11 is 9.24. The van der Waals surface area contributed by atoms with Crippen molar-refractivity contribution in [3.63, 3.8) is 0 Å². The van der Waals surface area contributed by atoms with Gasteiger partial charge in [0, 0.05) is 19.3 Å². The Hall–Kier alpha value is -1.40. The summed E-state index contributed by atoms with van der Waals surface area (Å²) in [5, 5.41) is 4.45. The van der Waals surface area contributed by atoms with E-state index in [9.17, 15) is 4.39 Å². The Bertz CT molecular complexity index is 824. The first kappa shape index (κ1) is 14.5. The molecule has 21 heavy (non-hydrogen) atoms. The fraction of sp³-hybridized carbons (Fsp3) is 0.286. The van der Waals surface area contributed by atoms with Crippen LogP contribution in [0.15, 0.2) is 22.8 Å². The van der Waals surface area contributed by atoms with Crippen LogP contribution in [0.5, 0.6) is 0 Å². The predicted molar refractivity (Wildman–Crippen MR) is 84.4 cm³/mol. The molecule has 0 saturated heterocycles. The first-order chi connectivity index (χ1) is 10.0. The zero-order valence-electron chi connectivity index (χ0n) is 11.6. The summed E-state index contributed by atoms with van der Waals surface area (Å²) in [6.07, 6.45) is 2.72. The smallest absolute Gasteiger partial charge is 0.139 e. The Morgan fingerprint density at radius 1 is 1.38 bits per heavy atom. The minimum absolute atomic E-state index is 0.242. The second kappa shape index (κ2) is 5.42. The van der Waals surface area contributed by atoms with Crippen molar-refractivity contribution in [3.8, 4) is 5.69 Å². The third-order valence-corrected chi connectivity index (χ3v) is 4.19. The van der Waals surface area contributed by atoms with Gasteiger partial charge in [-0.05, 0) is 28.4 Å².